The molecular formula is C20H29N3O3. The number of carbonyl (C=O) groups is 2. The van der Waals surface area contributed by atoms with Crippen LogP contribution in [0.15, 0.2) is 30.3 Å². The summed E-state index contributed by atoms with van der Waals surface area (Å²) >= 11 is 0. The molecule has 3 rings (SSSR count). The van der Waals surface area contributed by atoms with E-state index in [1.165, 1.54) is 6.42 Å². The van der Waals surface area contributed by atoms with Crippen molar-refractivity contribution in [2.24, 2.45) is 0 Å². The van der Waals surface area contributed by atoms with Crippen molar-refractivity contribution in [2.45, 2.75) is 31.7 Å². The number of nitrogens with one attached hydrogen (secondary N) is 1. The number of nitrogens with zero attached hydrogens (tertiary/aromatic N) is 2. The molecule has 2 heterocycles. The van der Waals surface area contributed by atoms with Gasteiger partial charge in [0.15, 0.2) is 0 Å². The fourth-order valence-corrected chi connectivity index (χ4v) is 3.73. The molecule has 1 atom stereocenters. The van der Waals surface area contributed by atoms with Crippen LogP contribution in [0, 0.1) is 0 Å². The minimum atomic E-state index is -0.194. The number of rotatable bonds is 6. The van der Waals surface area contributed by atoms with Gasteiger partial charge in [-0.25, -0.2) is 0 Å². The van der Waals surface area contributed by atoms with Gasteiger partial charge < -0.3 is 15.0 Å². The van der Waals surface area contributed by atoms with Crippen LogP contribution in [0.25, 0.3) is 0 Å². The van der Waals surface area contributed by atoms with Crippen LogP contribution in [-0.2, 0) is 9.53 Å². The van der Waals surface area contributed by atoms with Crippen molar-refractivity contribution in [1.29, 1.82) is 0 Å². The van der Waals surface area contributed by atoms with Crippen LogP contribution >= 0.6 is 0 Å². The average molecular weight is 359 g/mol. The molecule has 2 aliphatic rings. The molecule has 0 aliphatic carbocycles. The van der Waals surface area contributed by atoms with E-state index in [1.807, 2.05) is 23.1 Å². The molecule has 0 unspecified atom stereocenters. The number of amides is 2. The van der Waals surface area contributed by atoms with Crippen LogP contribution in [0.5, 0.6) is 0 Å². The van der Waals surface area contributed by atoms with E-state index in [1.54, 1.807) is 12.1 Å². The Balaban J connectivity index is 1.48. The third-order valence-electron chi connectivity index (χ3n) is 5.27. The van der Waals surface area contributed by atoms with Crippen molar-refractivity contribution >= 4 is 11.8 Å². The Labute approximate surface area is 155 Å². The van der Waals surface area contributed by atoms with Crippen LogP contribution in [0.1, 0.15) is 36.0 Å². The van der Waals surface area contributed by atoms with Crippen LogP contribution < -0.4 is 5.32 Å². The molecule has 6 nitrogen and oxygen atoms in total. The summed E-state index contributed by atoms with van der Waals surface area (Å²) in [6.07, 6.45) is 4.28. The first-order valence-electron chi connectivity index (χ1n) is 9.67. The Morgan fingerprint density at radius 3 is 2.62 bits per heavy atom. The van der Waals surface area contributed by atoms with E-state index < -0.39 is 0 Å². The van der Waals surface area contributed by atoms with Crippen molar-refractivity contribution < 1.29 is 14.3 Å². The fraction of sp³-hybridized carbons (Fsp3) is 0.600. The Bertz CT molecular complexity index is 587. The van der Waals surface area contributed by atoms with Crippen LogP contribution in [0.4, 0.5) is 0 Å². The SMILES string of the molecule is O=C(NCC(=O)N1CCCC[C@@H]1CCN1CCOCC1)c1ccccc1. The van der Waals surface area contributed by atoms with Gasteiger partial charge in [0.1, 0.15) is 0 Å². The lowest BCUT2D eigenvalue weighted by atomic mass is 9.99. The lowest BCUT2D eigenvalue weighted by Gasteiger charge is -2.37. The molecule has 1 aromatic rings. The van der Waals surface area contributed by atoms with E-state index in [9.17, 15) is 9.59 Å². The molecule has 0 radical (unpaired) electrons. The zero-order valence-corrected chi connectivity index (χ0v) is 15.4. The second-order valence-corrected chi connectivity index (χ2v) is 7.03. The lowest BCUT2D eigenvalue weighted by molar-refractivity contribution is -0.134. The van der Waals surface area contributed by atoms with Gasteiger partial charge in [-0.1, -0.05) is 18.2 Å². The van der Waals surface area contributed by atoms with E-state index in [0.717, 1.165) is 58.7 Å². The highest BCUT2D eigenvalue weighted by Gasteiger charge is 2.27. The predicted octanol–water partition coefficient (Wildman–Crippen LogP) is 1.52. The van der Waals surface area contributed by atoms with Crippen LogP contribution in [0.3, 0.4) is 0 Å². The maximum Gasteiger partial charge on any atom is 0.251 e. The van der Waals surface area contributed by atoms with Crippen LogP contribution in [0.2, 0.25) is 0 Å². The number of likely N-dealkylation sites (tertiary alicyclic amines) is 1. The minimum Gasteiger partial charge on any atom is -0.379 e. The quantitative estimate of drug-likeness (QED) is 0.837. The van der Waals surface area contributed by atoms with Crippen molar-refractivity contribution in [3.8, 4) is 0 Å². The first-order chi connectivity index (χ1) is 12.7. The van der Waals surface area contributed by atoms with Crippen molar-refractivity contribution in [3.63, 3.8) is 0 Å². The number of carbonyl (C=O) groups excluding carboxylic acids is 2. The Morgan fingerprint density at radius 1 is 1.08 bits per heavy atom. The second kappa shape index (κ2) is 9.69. The Morgan fingerprint density at radius 2 is 1.85 bits per heavy atom. The maximum atomic E-state index is 12.7. The van der Waals surface area contributed by atoms with Crippen molar-refractivity contribution in [1.82, 2.24) is 15.1 Å². The van der Waals surface area contributed by atoms with Gasteiger partial charge in [0.2, 0.25) is 5.91 Å². The summed E-state index contributed by atoms with van der Waals surface area (Å²) in [6.45, 7) is 5.45. The molecule has 2 saturated heterocycles. The van der Waals surface area contributed by atoms with Gasteiger partial charge in [0.25, 0.3) is 5.91 Å². The standard InChI is InChI=1S/C20H29N3O3/c24-19(16-21-20(25)17-6-2-1-3-7-17)23-10-5-4-8-18(23)9-11-22-12-14-26-15-13-22/h1-3,6-7,18H,4-5,8-16H2,(H,21,25)/t18-/m1/s1. The summed E-state index contributed by atoms with van der Waals surface area (Å²) in [4.78, 5) is 29.2. The monoisotopic (exact) mass is 359 g/mol. The average Bonchev–Trinajstić information content (AvgIpc) is 2.72. The molecule has 2 fully saturated rings. The third kappa shape index (κ3) is 5.29. The summed E-state index contributed by atoms with van der Waals surface area (Å²) in [6, 6.07) is 9.31. The van der Waals surface area contributed by atoms with Crippen LogP contribution in [-0.4, -0.2) is 73.6 Å². The van der Waals surface area contributed by atoms with Gasteiger partial charge in [-0.05, 0) is 37.8 Å². The Hall–Kier alpha value is -1.92. The number of ether oxygens (including phenoxy) is 1. The minimum absolute atomic E-state index is 0.0287. The molecule has 2 amide bonds. The number of piperidine rings is 1. The topological polar surface area (TPSA) is 61.9 Å². The highest BCUT2D eigenvalue weighted by molar-refractivity contribution is 5.96. The largest absolute Gasteiger partial charge is 0.379 e. The molecule has 6 heteroatoms. The summed E-state index contributed by atoms with van der Waals surface area (Å²) in [5.41, 5.74) is 0.586. The van der Waals surface area contributed by atoms with Gasteiger partial charge in [0.05, 0.1) is 19.8 Å². The molecule has 0 spiro atoms. The summed E-state index contributed by atoms with van der Waals surface area (Å²) < 4.78 is 5.40. The molecule has 26 heavy (non-hydrogen) atoms. The molecule has 2 aliphatic heterocycles. The number of hydrogen-bond acceptors (Lipinski definition) is 4. The summed E-state index contributed by atoms with van der Waals surface area (Å²) in [7, 11) is 0. The lowest BCUT2D eigenvalue weighted by Crippen LogP contribution is -2.49. The predicted molar refractivity (Wildman–Crippen MR) is 100 cm³/mol. The number of morpholine rings is 1. The summed E-state index contributed by atoms with van der Waals surface area (Å²) in [5, 5.41) is 2.76. The van der Waals surface area contributed by atoms with Crippen molar-refractivity contribution in [2.75, 3.05) is 45.9 Å². The van der Waals surface area contributed by atoms with E-state index in [2.05, 4.69) is 10.2 Å². The summed E-state index contributed by atoms with van der Waals surface area (Å²) in [5.74, 6) is -0.165. The molecule has 0 aromatic heterocycles. The molecule has 1 N–H and O–H groups in total. The van der Waals surface area contributed by atoms with E-state index in [0.29, 0.717) is 5.56 Å². The van der Waals surface area contributed by atoms with Gasteiger partial charge in [-0.15, -0.1) is 0 Å². The highest BCUT2D eigenvalue weighted by atomic mass is 16.5. The first-order valence-corrected chi connectivity index (χ1v) is 9.67. The first kappa shape index (κ1) is 18.9. The highest BCUT2D eigenvalue weighted by Crippen LogP contribution is 2.20. The van der Waals surface area contributed by atoms with Gasteiger partial charge in [-0.2, -0.15) is 0 Å². The normalized spacial score (nSPS) is 21.4. The van der Waals surface area contributed by atoms with Crippen molar-refractivity contribution in [3.05, 3.63) is 35.9 Å². The number of benzene rings is 1. The molecule has 1 aromatic carbocycles. The molecule has 0 saturated carbocycles. The van der Waals surface area contributed by atoms with Gasteiger partial charge in [-0.3, -0.25) is 14.5 Å². The Kier molecular flexibility index (Phi) is 7.03. The number of hydrogen-bond donors (Lipinski definition) is 1. The zero-order valence-electron chi connectivity index (χ0n) is 15.4. The maximum absolute atomic E-state index is 12.7. The zero-order chi connectivity index (χ0) is 18.2. The van der Waals surface area contributed by atoms with E-state index >= 15 is 0 Å². The third-order valence-corrected chi connectivity index (χ3v) is 5.27. The second-order valence-electron chi connectivity index (χ2n) is 7.03. The van der Waals surface area contributed by atoms with Gasteiger partial charge >= 0.3 is 0 Å². The molecule has 142 valence electrons. The fourth-order valence-electron chi connectivity index (χ4n) is 3.73. The smallest absolute Gasteiger partial charge is 0.251 e. The van der Waals surface area contributed by atoms with Gasteiger partial charge in [0, 0.05) is 37.8 Å². The van der Waals surface area contributed by atoms with E-state index in [-0.39, 0.29) is 24.4 Å². The molecular weight excluding hydrogens is 330 g/mol. The van der Waals surface area contributed by atoms with E-state index in [4.69, 9.17) is 4.74 Å². The molecule has 0 bridgehead atoms.